The number of hydrogen-bond acceptors (Lipinski definition) is 3. The molecule has 1 unspecified atom stereocenters. The highest BCUT2D eigenvalue weighted by Gasteiger charge is 2.15. The topological polar surface area (TPSA) is 81.1 Å². The number of nitrogens with zero attached hydrogens (tertiary/aromatic N) is 2. The first kappa shape index (κ1) is 9.73. The second-order valence-electron chi connectivity index (χ2n) is 3.03. The Morgan fingerprint density at radius 2 is 2.46 bits per heavy atom. The molecule has 1 aromatic heterocycles. The minimum atomic E-state index is -0.905. The first-order valence-electron chi connectivity index (χ1n) is 3.97. The van der Waals surface area contributed by atoms with Crippen LogP contribution in [0.2, 0.25) is 0 Å². The molecular weight excluding hydrogens is 170 g/mol. The van der Waals surface area contributed by atoms with E-state index in [-0.39, 0.29) is 6.42 Å². The number of rotatable bonds is 3. The van der Waals surface area contributed by atoms with E-state index in [0.717, 1.165) is 5.69 Å². The van der Waals surface area contributed by atoms with E-state index in [0.29, 0.717) is 5.69 Å². The van der Waals surface area contributed by atoms with Gasteiger partial charge in [-0.3, -0.25) is 4.79 Å². The normalized spacial score (nSPS) is 12.8. The maximum absolute atomic E-state index is 10.4. The van der Waals surface area contributed by atoms with Crippen LogP contribution >= 0.6 is 0 Å². The average molecular weight is 183 g/mol. The number of imidazole rings is 1. The highest BCUT2D eigenvalue weighted by molar-refractivity contribution is 5.67. The van der Waals surface area contributed by atoms with Gasteiger partial charge in [-0.15, -0.1) is 0 Å². The summed E-state index contributed by atoms with van der Waals surface area (Å²) in [6.45, 7) is 1.87. The molecule has 0 saturated heterocycles. The molecule has 0 aliphatic rings. The number of aliphatic carboxylic acids is 1. The predicted molar refractivity (Wildman–Crippen MR) is 47.1 cm³/mol. The van der Waals surface area contributed by atoms with Crippen molar-refractivity contribution in [1.29, 1.82) is 0 Å². The van der Waals surface area contributed by atoms with Crippen molar-refractivity contribution in [1.82, 2.24) is 9.55 Å². The first-order valence-corrected chi connectivity index (χ1v) is 3.97. The molecule has 0 saturated carbocycles. The molecule has 0 fully saturated rings. The monoisotopic (exact) mass is 183 g/mol. The molecular formula is C8H13N3O2. The lowest BCUT2D eigenvalue weighted by molar-refractivity contribution is -0.137. The summed E-state index contributed by atoms with van der Waals surface area (Å²) in [5, 5.41) is 8.53. The van der Waals surface area contributed by atoms with E-state index in [2.05, 4.69) is 4.98 Å². The van der Waals surface area contributed by atoms with Crippen molar-refractivity contribution in [2.24, 2.45) is 12.8 Å². The highest BCUT2D eigenvalue weighted by Crippen LogP contribution is 2.15. The second kappa shape index (κ2) is 3.57. The quantitative estimate of drug-likeness (QED) is 0.701. The van der Waals surface area contributed by atoms with E-state index in [4.69, 9.17) is 10.8 Å². The van der Waals surface area contributed by atoms with Gasteiger partial charge in [-0.05, 0) is 6.92 Å². The van der Waals surface area contributed by atoms with Crippen molar-refractivity contribution in [3.8, 4) is 0 Å². The maximum Gasteiger partial charge on any atom is 0.305 e. The van der Waals surface area contributed by atoms with Crippen molar-refractivity contribution < 1.29 is 9.90 Å². The van der Waals surface area contributed by atoms with Gasteiger partial charge < -0.3 is 15.4 Å². The molecule has 0 aromatic carbocycles. The van der Waals surface area contributed by atoms with E-state index in [1.165, 1.54) is 0 Å². The fourth-order valence-electron chi connectivity index (χ4n) is 1.16. The Kier molecular flexibility index (Phi) is 2.67. The molecule has 1 aromatic rings. The minimum Gasteiger partial charge on any atom is -0.481 e. The summed E-state index contributed by atoms with van der Waals surface area (Å²) in [6, 6.07) is -0.515. The molecule has 0 bridgehead atoms. The SMILES string of the molecule is Cc1c(C(N)CC(=O)O)ncn1C. The van der Waals surface area contributed by atoms with Gasteiger partial charge in [-0.25, -0.2) is 4.98 Å². The number of carboxylic acids is 1. The smallest absolute Gasteiger partial charge is 0.305 e. The van der Waals surface area contributed by atoms with Crippen LogP contribution in [-0.4, -0.2) is 20.6 Å². The Morgan fingerprint density at radius 3 is 2.85 bits per heavy atom. The average Bonchev–Trinajstić information content (AvgIpc) is 2.31. The van der Waals surface area contributed by atoms with Crippen molar-refractivity contribution in [2.75, 3.05) is 0 Å². The van der Waals surface area contributed by atoms with Crippen molar-refractivity contribution in [2.45, 2.75) is 19.4 Å². The maximum atomic E-state index is 10.4. The van der Waals surface area contributed by atoms with Crippen LogP contribution in [0.4, 0.5) is 0 Å². The van der Waals surface area contributed by atoms with Crippen LogP contribution in [0.5, 0.6) is 0 Å². The van der Waals surface area contributed by atoms with Crippen LogP contribution in [0.15, 0.2) is 6.33 Å². The summed E-state index contributed by atoms with van der Waals surface area (Å²) in [5.41, 5.74) is 7.22. The summed E-state index contributed by atoms with van der Waals surface area (Å²) in [7, 11) is 1.85. The lowest BCUT2D eigenvalue weighted by Gasteiger charge is -2.06. The third kappa shape index (κ3) is 2.06. The van der Waals surface area contributed by atoms with Gasteiger partial charge in [0.05, 0.1) is 24.5 Å². The van der Waals surface area contributed by atoms with Crippen LogP contribution in [0.1, 0.15) is 23.9 Å². The highest BCUT2D eigenvalue weighted by atomic mass is 16.4. The van der Waals surface area contributed by atoms with Gasteiger partial charge in [0, 0.05) is 12.7 Å². The third-order valence-corrected chi connectivity index (χ3v) is 2.02. The van der Waals surface area contributed by atoms with Gasteiger partial charge in [0.15, 0.2) is 0 Å². The van der Waals surface area contributed by atoms with E-state index in [1.807, 2.05) is 18.5 Å². The number of hydrogen-bond donors (Lipinski definition) is 2. The van der Waals surface area contributed by atoms with Crippen molar-refractivity contribution in [3.05, 3.63) is 17.7 Å². The van der Waals surface area contributed by atoms with Crippen molar-refractivity contribution >= 4 is 5.97 Å². The van der Waals surface area contributed by atoms with Gasteiger partial charge in [-0.2, -0.15) is 0 Å². The van der Waals surface area contributed by atoms with Gasteiger partial charge in [0.1, 0.15) is 0 Å². The zero-order valence-corrected chi connectivity index (χ0v) is 7.69. The van der Waals surface area contributed by atoms with Gasteiger partial charge in [0.25, 0.3) is 0 Å². The van der Waals surface area contributed by atoms with Gasteiger partial charge >= 0.3 is 5.97 Å². The van der Waals surface area contributed by atoms with Gasteiger partial charge in [-0.1, -0.05) is 0 Å². The van der Waals surface area contributed by atoms with Crippen LogP contribution in [-0.2, 0) is 11.8 Å². The summed E-state index contributed by atoms with van der Waals surface area (Å²) >= 11 is 0. The molecule has 0 radical (unpaired) electrons. The Hall–Kier alpha value is -1.36. The molecule has 0 amide bonds. The Bertz CT molecular complexity index is 319. The van der Waals surface area contributed by atoms with Crippen LogP contribution < -0.4 is 5.73 Å². The first-order chi connectivity index (χ1) is 6.02. The zero-order chi connectivity index (χ0) is 10.0. The summed E-state index contributed by atoms with van der Waals surface area (Å²) in [5.74, 6) is -0.905. The fraction of sp³-hybridized carbons (Fsp3) is 0.500. The summed E-state index contributed by atoms with van der Waals surface area (Å²) in [4.78, 5) is 14.4. The Labute approximate surface area is 76.2 Å². The third-order valence-electron chi connectivity index (χ3n) is 2.02. The minimum absolute atomic E-state index is 0.0855. The standard InChI is InChI=1S/C8H13N3O2/c1-5-8(10-4-11(5)2)6(9)3-7(12)13/h4,6H,3,9H2,1-2H3,(H,12,13). The largest absolute Gasteiger partial charge is 0.481 e. The Balaban J connectivity index is 2.82. The number of aryl methyl sites for hydroxylation is 1. The number of nitrogens with two attached hydrogens (primary N) is 1. The van der Waals surface area contributed by atoms with Crippen LogP contribution in [0.25, 0.3) is 0 Å². The van der Waals surface area contributed by atoms with Gasteiger partial charge in [0.2, 0.25) is 0 Å². The van der Waals surface area contributed by atoms with E-state index >= 15 is 0 Å². The number of aromatic nitrogens is 2. The number of carbonyl (C=O) groups is 1. The van der Waals surface area contributed by atoms with Crippen LogP contribution in [0.3, 0.4) is 0 Å². The predicted octanol–water partition coefficient (Wildman–Crippen LogP) is 0.203. The molecule has 5 heteroatoms. The lowest BCUT2D eigenvalue weighted by Crippen LogP contribution is -2.16. The molecule has 0 spiro atoms. The molecule has 0 aliphatic heterocycles. The lowest BCUT2D eigenvalue weighted by atomic mass is 10.1. The molecule has 0 aliphatic carbocycles. The van der Waals surface area contributed by atoms with E-state index < -0.39 is 12.0 Å². The molecule has 1 rings (SSSR count). The molecule has 5 nitrogen and oxygen atoms in total. The van der Waals surface area contributed by atoms with E-state index in [1.54, 1.807) is 6.33 Å². The van der Waals surface area contributed by atoms with Crippen molar-refractivity contribution in [3.63, 3.8) is 0 Å². The molecule has 13 heavy (non-hydrogen) atoms. The van der Waals surface area contributed by atoms with E-state index in [9.17, 15) is 4.79 Å². The summed E-state index contributed by atoms with van der Waals surface area (Å²) < 4.78 is 1.82. The summed E-state index contributed by atoms with van der Waals surface area (Å²) in [6.07, 6.45) is 1.55. The molecule has 72 valence electrons. The fourth-order valence-corrected chi connectivity index (χ4v) is 1.16. The zero-order valence-electron chi connectivity index (χ0n) is 7.69. The van der Waals surface area contributed by atoms with Crippen LogP contribution in [0, 0.1) is 6.92 Å². The Morgan fingerprint density at radius 1 is 1.85 bits per heavy atom. The second-order valence-corrected chi connectivity index (χ2v) is 3.03. The number of carboxylic acid groups (broad SMARTS) is 1. The molecule has 1 heterocycles. The molecule has 3 N–H and O–H groups in total. The molecule has 1 atom stereocenters.